The summed E-state index contributed by atoms with van der Waals surface area (Å²) in [4.78, 5) is 21.2. The molecule has 1 aliphatic rings. The number of hydrogen-bond acceptors (Lipinski definition) is 6. The average Bonchev–Trinajstić information content (AvgIpc) is 3.35. The topological polar surface area (TPSA) is 90.5 Å². The van der Waals surface area contributed by atoms with E-state index in [9.17, 15) is 4.79 Å². The van der Waals surface area contributed by atoms with Crippen molar-refractivity contribution < 1.29 is 9.18 Å². The van der Waals surface area contributed by atoms with Crippen molar-refractivity contribution in [3.8, 4) is 17.1 Å². The Labute approximate surface area is 204 Å². The molecule has 5 heterocycles. The minimum Gasteiger partial charge on any atom is -0.310 e. The van der Waals surface area contributed by atoms with Crippen molar-refractivity contribution in [3.63, 3.8) is 0 Å². The third-order valence-corrected chi connectivity index (χ3v) is 7.24. The standard InChI is InChI=1S/C25H20FN7OS/c1-14-9-16(6-8-27-14)33-20-11-18(26)17(10-15(20)12-29-33)24-22-23(19-5-3-4-7-28-19)31-32(2)25(22)30-21(34)13-35-24/h3-12,24H,13H2,1-2H3,(H,30,34). The maximum Gasteiger partial charge on any atom is 0.235 e. The number of aryl methyl sites for hydroxylation is 2. The largest absolute Gasteiger partial charge is 0.310 e. The Morgan fingerprint density at radius 3 is 2.83 bits per heavy atom. The lowest BCUT2D eigenvalue weighted by atomic mass is 10.00. The first-order valence-corrected chi connectivity index (χ1v) is 12.0. The van der Waals surface area contributed by atoms with Crippen LogP contribution in [0.2, 0.25) is 0 Å². The van der Waals surface area contributed by atoms with Crippen LogP contribution in [0.25, 0.3) is 28.0 Å². The van der Waals surface area contributed by atoms with Crippen LogP contribution in [0.1, 0.15) is 22.1 Å². The molecule has 35 heavy (non-hydrogen) atoms. The summed E-state index contributed by atoms with van der Waals surface area (Å²) in [5.41, 5.74) is 4.79. The zero-order valence-electron chi connectivity index (χ0n) is 18.9. The third-order valence-electron chi connectivity index (χ3n) is 5.99. The molecule has 1 aliphatic heterocycles. The van der Waals surface area contributed by atoms with Gasteiger partial charge in [-0.15, -0.1) is 11.8 Å². The molecular weight excluding hydrogens is 465 g/mol. The van der Waals surface area contributed by atoms with Gasteiger partial charge in [-0.3, -0.25) is 19.4 Å². The smallest absolute Gasteiger partial charge is 0.235 e. The van der Waals surface area contributed by atoms with E-state index in [4.69, 9.17) is 0 Å². The van der Waals surface area contributed by atoms with E-state index in [0.717, 1.165) is 22.3 Å². The molecule has 0 spiro atoms. The first kappa shape index (κ1) is 21.5. The monoisotopic (exact) mass is 485 g/mol. The first-order chi connectivity index (χ1) is 17.0. The number of amides is 1. The number of thioether (sulfide) groups is 1. The summed E-state index contributed by atoms with van der Waals surface area (Å²) in [7, 11) is 1.76. The maximum atomic E-state index is 15.8. The second kappa shape index (κ2) is 8.31. The Morgan fingerprint density at radius 1 is 1.14 bits per heavy atom. The number of nitrogens with zero attached hydrogens (tertiary/aromatic N) is 6. The Bertz CT molecular complexity index is 1590. The molecule has 1 unspecified atom stereocenters. The van der Waals surface area contributed by atoms with E-state index >= 15 is 4.39 Å². The third kappa shape index (κ3) is 3.66. The molecule has 4 aromatic heterocycles. The van der Waals surface area contributed by atoms with Crippen LogP contribution < -0.4 is 5.32 Å². The average molecular weight is 486 g/mol. The Hall–Kier alpha value is -4.05. The number of carbonyl (C=O) groups excluding carboxylic acids is 1. The predicted octanol–water partition coefficient (Wildman–Crippen LogP) is 4.44. The molecule has 10 heteroatoms. The quantitative estimate of drug-likeness (QED) is 0.406. The van der Waals surface area contributed by atoms with Gasteiger partial charge in [0.2, 0.25) is 5.91 Å². The number of anilines is 1. The van der Waals surface area contributed by atoms with Gasteiger partial charge in [0.05, 0.1) is 34.1 Å². The molecule has 0 aliphatic carbocycles. The highest BCUT2D eigenvalue weighted by Gasteiger charge is 2.33. The van der Waals surface area contributed by atoms with Gasteiger partial charge in [-0.25, -0.2) is 9.07 Å². The molecule has 0 bridgehead atoms. The summed E-state index contributed by atoms with van der Waals surface area (Å²) in [5, 5.41) is 12.4. The van der Waals surface area contributed by atoms with Crippen molar-refractivity contribution in [3.05, 3.63) is 83.7 Å². The molecule has 6 rings (SSSR count). The van der Waals surface area contributed by atoms with Crippen LogP contribution >= 0.6 is 11.8 Å². The zero-order valence-corrected chi connectivity index (χ0v) is 19.8. The fourth-order valence-corrected chi connectivity index (χ4v) is 5.56. The SMILES string of the molecule is Cc1cc(-n2ncc3cc(C4SCC(=O)Nc5c4c(-c4ccccn4)nn5C)c(F)cc32)ccn1. The highest BCUT2D eigenvalue weighted by atomic mass is 32.2. The van der Waals surface area contributed by atoms with Crippen LogP contribution in [-0.4, -0.2) is 41.2 Å². The minimum atomic E-state index is -0.467. The molecule has 1 aromatic carbocycles. The van der Waals surface area contributed by atoms with Gasteiger partial charge in [-0.05, 0) is 37.3 Å². The van der Waals surface area contributed by atoms with E-state index < -0.39 is 5.25 Å². The molecule has 1 amide bonds. The lowest BCUT2D eigenvalue weighted by molar-refractivity contribution is -0.113. The van der Waals surface area contributed by atoms with E-state index in [2.05, 4.69) is 25.5 Å². The fourth-order valence-electron chi connectivity index (χ4n) is 4.42. The number of halogens is 1. The number of pyridine rings is 2. The Kier molecular flexibility index (Phi) is 5.10. The van der Waals surface area contributed by atoms with Gasteiger partial charge in [-0.2, -0.15) is 10.2 Å². The summed E-state index contributed by atoms with van der Waals surface area (Å²) in [6, 6.07) is 12.6. The van der Waals surface area contributed by atoms with Crippen molar-refractivity contribution in [2.45, 2.75) is 12.2 Å². The summed E-state index contributed by atoms with van der Waals surface area (Å²) < 4.78 is 19.1. The molecule has 0 saturated heterocycles. The van der Waals surface area contributed by atoms with Gasteiger partial charge in [0.15, 0.2) is 0 Å². The fraction of sp³-hybridized carbons (Fsp3) is 0.160. The molecule has 0 saturated carbocycles. The van der Waals surface area contributed by atoms with Crippen LogP contribution in [0.3, 0.4) is 0 Å². The number of benzene rings is 1. The van der Waals surface area contributed by atoms with Gasteiger partial charge in [0.1, 0.15) is 17.3 Å². The second-order valence-electron chi connectivity index (χ2n) is 8.33. The number of hydrogen-bond donors (Lipinski definition) is 1. The van der Waals surface area contributed by atoms with E-state index in [-0.39, 0.29) is 17.5 Å². The lowest BCUT2D eigenvalue weighted by Gasteiger charge is -2.17. The summed E-state index contributed by atoms with van der Waals surface area (Å²) in [5.74, 6) is 0.206. The Morgan fingerprint density at radius 2 is 2.03 bits per heavy atom. The molecule has 8 nitrogen and oxygen atoms in total. The molecule has 5 aromatic rings. The second-order valence-corrected chi connectivity index (χ2v) is 9.43. The number of fused-ring (bicyclic) bond motifs is 2. The Balaban J connectivity index is 1.53. The summed E-state index contributed by atoms with van der Waals surface area (Å²) in [6.45, 7) is 1.90. The van der Waals surface area contributed by atoms with Crippen LogP contribution in [0.4, 0.5) is 10.2 Å². The molecule has 1 atom stereocenters. The van der Waals surface area contributed by atoms with Gasteiger partial charge < -0.3 is 5.32 Å². The lowest BCUT2D eigenvalue weighted by Crippen LogP contribution is -2.15. The molecule has 0 radical (unpaired) electrons. The molecule has 174 valence electrons. The first-order valence-electron chi connectivity index (χ1n) is 11.0. The predicted molar refractivity (Wildman–Crippen MR) is 133 cm³/mol. The highest BCUT2D eigenvalue weighted by molar-refractivity contribution is 8.00. The van der Waals surface area contributed by atoms with Crippen molar-refractivity contribution >= 4 is 34.4 Å². The van der Waals surface area contributed by atoms with Crippen LogP contribution in [-0.2, 0) is 11.8 Å². The van der Waals surface area contributed by atoms with Gasteiger partial charge >= 0.3 is 0 Å². The molecular formula is C25H20FN7OS. The van der Waals surface area contributed by atoms with Crippen molar-refractivity contribution in [2.24, 2.45) is 7.05 Å². The van der Waals surface area contributed by atoms with E-state index in [1.54, 1.807) is 35.0 Å². The number of carbonyl (C=O) groups is 1. The van der Waals surface area contributed by atoms with Gasteiger partial charge in [0.25, 0.3) is 0 Å². The zero-order chi connectivity index (χ0) is 24.1. The van der Waals surface area contributed by atoms with Gasteiger partial charge in [-0.1, -0.05) is 6.07 Å². The van der Waals surface area contributed by atoms with E-state index in [1.165, 1.54) is 17.8 Å². The maximum absolute atomic E-state index is 15.8. The molecule has 0 fully saturated rings. The van der Waals surface area contributed by atoms with Crippen molar-refractivity contribution in [2.75, 3.05) is 11.1 Å². The van der Waals surface area contributed by atoms with Crippen LogP contribution in [0.5, 0.6) is 0 Å². The molecule has 1 N–H and O–H groups in total. The number of aromatic nitrogens is 6. The number of rotatable bonds is 3. The van der Waals surface area contributed by atoms with Crippen molar-refractivity contribution in [1.82, 2.24) is 29.5 Å². The highest BCUT2D eigenvalue weighted by Crippen LogP contribution is 2.47. The van der Waals surface area contributed by atoms with E-state index in [0.29, 0.717) is 28.3 Å². The van der Waals surface area contributed by atoms with Crippen molar-refractivity contribution in [1.29, 1.82) is 0 Å². The minimum absolute atomic E-state index is 0.156. The normalized spacial score (nSPS) is 15.6. The summed E-state index contributed by atoms with van der Waals surface area (Å²) in [6.07, 6.45) is 5.12. The van der Waals surface area contributed by atoms with Gasteiger partial charge in [0, 0.05) is 47.7 Å². The van der Waals surface area contributed by atoms with Crippen LogP contribution in [0.15, 0.2) is 61.1 Å². The summed E-state index contributed by atoms with van der Waals surface area (Å²) >= 11 is 1.37. The van der Waals surface area contributed by atoms with E-state index in [1.807, 2.05) is 43.3 Å². The van der Waals surface area contributed by atoms with Crippen LogP contribution in [0, 0.1) is 12.7 Å². The number of nitrogens with one attached hydrogen (secondary N) is 1.